The van der Waals surface area contributed by atoms with Crippen molar-refractivity contribution < 1.29 is 9.32 Å². The van der Waals surface area contributed by atoms with Crippen molar-refractivity contribution in [3.63, 3.8) is 0 Å². The molecule has 0 radical (unpaired) electrons. The number of aryl methyl sites for hydroxylation is 1. The fraction of sp³-hybridized carbons (Fsp3) is 0.250. The van der Waals surface area contributed by atoms with Crippen molar-refractivity contribution in [3.05, 3.63) is 64.9 Å². The highest BCUT2D eigenvalue weighted by atomic mass is 35.5. The number of hydrogen-bond acceptors (Lipinski definition) is 4. The number of carbonyl (C=O) groups excluding carboxylic acids is 1. The van der Waals surface area contributed by atoms with Crippen LogP contribution in [0.25, 0.3) is 11.5 Å². The quantitative estimate of drug-likeness (QED) is 0.682. The lowest BCUT2D eigenvalue weighted by Crippen LogP contribution is -2.24. The number of benzene rings is 2. The van der Waals surface area contributed by atoms with Crippen LogP contribution in [0.2, 0.25) is 5.02 Å². The third-order valence-corrected chi connectivity index (χ3v) is 4.93. The molecular weight excluding hydrogens is 350 g/mol. The number of amides is 1. The van der Waals surface area contributed by atoms with Gasteiger partial charge >= 0.3 is 0 Å². The predicted octanol–water partition coefficient (Wildman–Crippen LogP) is 4.47. The lowest BCUT2D eigenvalue weighted by Gasteiger charge is -2.16. The smallest absolute Gasteiger partial charge is 0.257 e. The molecule has 26 heavy (non-hydrogen) atoms. The average molecular weight is 368 g/mol. The molecule has 1 aromatic heterocycles. The minimum absolute atomic E-state index is 0.0712. The standard InChI is InChI=1S/C20H18ClN3O2/c1-2-13-3-9-17(10-4-13)24-12-15(11-18(24)25)19-22-20(26-23-19)14-5-7-16(21)8-6-14/h3-10,15H,2,11-12H2,1H3. The maximum Gasteiger partial charge on any atom is 0.257 e. The molecule has 1 fully saturated rings. The fourth-order valence-electron chi connectivity index (χ4n) is 3.15. The number of nitrogens with zero attached hydrogens (tertiary/aromatic N) is 3. The van der Waals surface area contributed by atoms with E-state index in [9.17, 15) is 4.79 Å². The van der Waals surface area contributed by atoms with Gasteiger partial charge in [0.2, 0.25) is 5.91 Å². The number of anilines is 1. The van der Waals surface area contributed by atoms with Crippen molar-refractivity contribution in [2.75, 3.05) is 11.4 Å². The van der Waals surface area contributed by atoms with E-state index in [4.69, 9.17) is 16.1 Å². The molecule has 0 saturated carbocycles. The molecule has 2 heterocycles. The molecule has 1 saturated heterocycles. The second-order valence-corrected chi connectivity index (χ2v) is 6.83. The molecule has 132 valence electrons. The zero-order valence-corrected chi connectivity index (χ0v) is 15.1. The van der Waals surface area contributed by atoms with E-state index in [0.717, 1.165) is 17.7 Å². The Bertz CT molecular complexity index is 919. The van der Waals surface area contributed by atoms with E-state index in [-0.39, 0.29) is 11.8 Å². The first kappa shape index (κ1) is 16.8. The molecule has 5 nitrogen and oxygen atoms in total. The summed E-state index contributed by atoms with van der Waals surface area (Å²) in [6.45, 7) is 2.67. The van der Waals surface area contributed by atoms with E-state index in [2.05, 4.69) is 29.2 Å². The van der Waals surface area contributed by atoms with Gasteiger partial charge in [0.25, 0.3) is 5.89 Å². The van der Waals surface area contributed by atoms with Crippen LogP contribution in [0.4, 0.5) is 5.69 Å². The number of rotatable bonds is 4. The Hall–Kier alpha value is -2.66. The van der Waals surface area contributed by atoms with Gasteiger partial charge in [0, 0.05) is 35.2 Å². The highest BCUT2D eigenvalue weighted by molar-refractivity contribution is 6.30. The van der Waals surface area contributed by atoms with Gasteiger partial charge in [-0.25, -0.2) is 0 Å². The lowest BCUT2D eigenvalue weighted by atomic mass is 10.1. The Morgan fingerprint density at radius 1 is 1.15 bits per heavy atom. The van der Waals surface area contributed by atoms with Crippen LogP contribution < -0.4 is 4.90 Å². The Labute approximate surface area is 156 Å². The summed E-state index contributed by atoms with van der Waals surface area (Å²) in [5, 5.41) is 4.74. The summed E-state index contributed by atoms with van der Waals surface area (Å²) in [6.07, 6.45) is 1.36. The maximum absolute atomic E-state index is 12.5. The summed E-state index contributed by atoms with van der Waals surface area (Å²) in [7, 11) is 0. The van der Waals surface area contributed by atoms with Crippen LogP contribution in [-0.2, 0) is 11.2 Å². The van der Waals surface area contributed by atoms with Gasteiger partial charge in [-0.05, 0) is 48.4 Å². The summed E-state index contributed by atoms with van der Waals surface area (Å²) in [5.41, 5.74) is 2.98. The maximum atomic E-state index is 12.5. The minimum Gasteiger partial charge on any atom is -0.334 e. The van der Waals surface area contributed by atoms with Crippen molar-refractivity contribution in [3.8, 4) is 11.5 Å². The van der Waals surface area contributed by atoms with Gasteiger partial charge in [0.1, 0.15) is 0 Å². The van der Waals surface area contributed by atoms with E-state index in [1.54, 1.807) is 17.0 Å². The molecule has 1 atom stereocenters. The first-order valence-electron chi connectivity index (χ1n) is 8.63. The zero-order valence-electron chi connectivity index (χ0n) is 14.4. The Morgan fingerprint density at radius 3 is 2.58 bits per heavy atom. The molecule has 1 unspecified atom stereocenters. The number of carbonyl (C=O) groups is 1. The molecule has 1 amide bonds. The van der Waals surface area contributed by atoms with Crippen molar-refractivity contribution in [2.24, 2.45) is 0 Å². The molecule has 0 aliphatic carbocycles. The minimum atomic E-state index is -0.0712. The number of hydrogen-bond donors (Lipinski definition) is 0. The predicted molar refractivity (Wildman–Crippen MR) is 100 cm³/mol. The first-order valence-corrected chi connectivity index (χ1v) is 9.00. The first-order chi connectivity index (χ1) is 12.6. The Balaban J connectivity index is 1.52. The average Bonchev–Trinajstić information content (AvgIpc) is 3.29. The van der Waals surface area contributed by atoms with Crippen LogP contribution in [0.15, 0.2) is 53.1 Å². The molecular formula is C20H18ClN3O2. The van der Waals surface area contributed by atoms with Crippen LogP contribution in [-0.4, -0.2) is 22.6 Å². The third-order valence-electron chi connectivity index (χ3n) is 4.68. The molecule has 1 aliphatic heterocycles. The SMILES string of the molecule is CCc1ccc(N2CC(c3noc(-c4ccc(Cl)cc4)n3)CC2=O)cc1. The van der Waals surface area contributed by atoms with Gasteiger partial charge in [-0.2, -0.15) is 4.98 Å². The monoisotopic (exact) mass is 367 g/mol. The van der Waals surface area contributed by atoms with Crippen molar-refractivity contribution in [1.82, 2.24) is 10.1 Å². The Kier molecular flexibility index (Phi) is 4.47. The third kappa shape index (κ3) is 3.22. The molecule has 0 spiro atoms. The molecule has 4 rings (SSSR count). The van der Waals surface area contributed by atoms with Gasteiger partial charge in [-0.1, -0.05) is 35.8 Å². The fourth-order valence-corrected chi connectivity index (χ4v) is 3.28. The molecule has 3 aromatic rings. The second kappa shape index (κ2) is 6.92. The molecule has 0 N–H and O–H groups in total. The second-order valence-electron chi connectivity index (χ2n) is 6.39. The molecule has 2 aromatic carbocycles. The van der Waals surface area contributed by atoms with E-state index in [1.807, 2.05) is 24.3 Å². The number of halogens is 1. The van der Waals surface area contributed by atoms with Crippen molar-refractivity contribution in [1.29, 1.82) is 0 Å². The molecule has 0 bridgehead atoms. The summed E-state index contributed by atoms with van der Waals surface area (Å²) < 4.78 is 5.38. The highest BCUT2D eigenvalue weighted by Crippen LogP contribution is 2.31. The highest BCUT2D eigenvalue weighted by Gasteiger charge is 2.34. The van der Waals surface area contributed by atoms with Crippen LogP contribution in [0.5, 0.6) is 0 Å². The van der Waals surface area contributed by atoms with Crippen LogP contribution in [0.3, 0.4) is 0 Å². The summed E-state index contributed by atoms with van der Waals surface area (Å²) >= 11 is 5.91. The van der Waals surface area contributed by atoms with Crippen molar-refractivity contribution in [2.45, 2.75) is 25.7 Å². The van der Waals surface area contributed by atoms with E-state index < -0.39 is 0 Å². The van der Waals surface area contributed by atoms with Gasteiger partial charge in [0.15, 0.2) is 5.82 Å². The normalized spacial score (nSPS) is 17.1. The van der Waals surface area contributed by atoms with Crippen LogP contribution in [0, 0.1) is 0 Å². The van der Waals surface area contributed by atoms with Crippen LogP contribution in [0.1, 0.15) is 30.7 Å². The van der Waals surface area contributed by atoms with Crippen LogP contribution >= 0.6 is 11.6 Å². The Morgan fingerprint density at radius 2 is 1.88 bits per heavy atom. The topological polar surface area (TPSA) is 59.2 Å². The van der Waals surface area contributed by atoms with Gasteiger partial charge < -0.3 is 9.42 Å². The van der Waals surface area contributed by atoms with Gasteiger partial charge in [-0.3, -0.25) is 4.79 Å². The van der Waals surface area contributed by atoms with E-state index in [0.29, 0.717) is 29.7 Å². The van der Waals surface area contributed by atoms with E-state index >= 15 is 0 Å². The van der Waals surface area contributed by atoms with Crippen molar-refractivity contribution >= 4 is 23.2 Å². The zero-order chi connectivity index (χ0) is 18.1. The summed E-state index contributed by atoms with van der Waals surface area (Å²) in [6, 6.07) is 15.3. The number of aromatic nitrogens is 2. The summed E-state index contributed by atoms with van der Waals surface area (Å²) in [5.74, 6) is 1.01. The summed E-state index contributed by atoms with van der Waals surface area (Å²) in [4.78, 5) is 18.7. The van der Waals surface area contributed by atoms with E-state index in [1.165, 1.54) is 5.56 Å². The molecule has 1 aliphatic rings. The lowest BCUT2D eigenvalue weighted by molar-refractivity contribution is -0.117. The van der Waals surface area contributed by atoms with Gasteiger partial charge in [-0.15, -0.1) is 0 Å². The largest absolute Gasteiger partial charge is 0.334 e. The molecule has 6 heteroatoms. The van der Waals surface area contributed by atoms with Gasteiger partial charge in [0.05, 0.1) is 0 Å².